The molecule has 8 heteroatoms. The minimum Gasteiger partial charge on any atom is -0.465 e. The van der Waals surface area contributed by atoms with Gasteiger partial charge < -0.3 is 15.9 Å². The fourth-order valence-corrected chi connectivity index (χ4v) is 2.20. The Morgan fingerprint density at radius 1 is 1.08 bits per heavy atom. The SMILES string of the molecule is COC(=O)c1ccc(C(=NN)C(=O)C(=O)Nc2cccc(Cl)c2)cc1. The van der Waals surface area contributed by atoms with Gasteiger partial charge in [0.1, 0.15) is 5.71 Å². The molecule has 2 rings (SSSR count). The van der Waals surface area contributed by atoms with E-state index in [4.69, 9.17) is 17.4 Å². The number of anilines is 1. The lowest BCUT2D eigenvalue weighted by atomic mass is 10.0. The van der Waals surface area contributed by atoms with Gasteiger partial charge in [0.05, 0.1) is 12.7 Å². The zero-order valence-corrected chi connectivity index (χ0v) is 13.9. The highest BCUT2D eigenvalue weighted by molar-refractivity contribution is 6.69. The summed E-state index contributed by atoms with van der Waals surface area (Å²) in [5.74, 6) is 2.90. The maximum absolute atomic E-state index is 12.3. The first-order valence-electron chi connectivity index (χ1n) is 7.04. The van der Waals surface area contributed by atoms with E-state index in [0.29, 0.717) is 21.8 Å². The van der Waals surface area contributed by atoms with E-state index >= 15 is 0 Å². The Labute approximate surface area is 148 Å². The lowest BCUT2D eigenvalue weighted by Crippen LogP contribution is -2.31. The Morgan fingerprint density at radius 3 is 2.28 bits per heavy atom. The number of benzene rings is 2. The van der Waals surface area contributed by atoms with Gasteiger partial charge in [-0.15, -0.1) is 0 Å². The van der Waals surface area contributed by atoms with Gasteiger partial charge in [0, 0.05) is 16.3 Å². The van der Waals surface area contributed by atoms with Crippen LogP contribution in [0, 0.1) is 0 Å². The second-order valence-electron chi connectivity index (χ2n) is 4.84. The summed E-state index contributed by atoms with van der Waals surface area (Å²) >= 11 is 5.83. The van der Waals surface area contributed by atoms with Crippen molar-refractivity contribution < 1.29 is 19.1 Å². The highest BCUT2D eigenvalue weighted by Gasteiger charge is 2.23. The number of ether oxygens (including phenoxy) is 1. The number of nitrogens with zero attached hydrogens (tertiary/aromatic N) is 1. The van der Waals surface area contributed by atoms with Gasteiger partial charge in [-0.05, 0) is 30.3 Å². The molecule has 2 aromatic carbocycles. The monoisotopic (exact) mass is 359 g/mol. The van der Waals surface area contributed by atoms with E-state index in [0.717, 1.165) is 0 Å². The minimum absolute atomic E-state index is 0.240. The molecular weight excluding hydrogens is 346 g/mol. The van der Waals surface area contributed by atoms with Crippen LogP contribution in [-0.2, 0) is 14.3 Å². The number of carbonyl (C=O) groups excluding carboxylic acids is 3. The van der Waals surface area contributed by atoms with Gasteiger partial charge in [-0.25, -0.2) is 4.79 Å². The molecule has 0 aromatic heterocycles. The van der Waals surface area contributed by atoms with Crippen LogP contribution in [0.3, 0.4) is 0 Å². The van der Waals surface area contributed by atoms with Crippen molar-refractivity contribution in [2.75, 3.05) is 12.4 Å². The highest BCUT2D eigenvalue weighted by atomic mass is 35.5. The van der Waals surface area contributed by atoms with Crippen LogP contribution in [0.25, 0.3) is 0 Å². The van der Waals surface area contributed by atoms with Crippen LogP contribution in [0.15, 0.2) is 53.6 Å². The van der Waals surface area contributed by atoms with Crippen LogP contribution in [0.4, 0.5) is 5.69 Å². The van der Waals surface area contributed by atoms with Crippen molar-refractivity contribution in [3.05, 3.63) is 64.7 Å². The number of hydrazone groups is 1. The summed E-state index contributed by atoms with van der Waals surface area (Å²) in [6.45, 7) is 0. The summed E-state index contributed by atoms with van der Waals surface area (Å²) < 4.78 is 4.59. The molecule has 0 bridgehead atoms. The van der Waals surface area contributed by atoms with Gasteiger partial charge in [-0.1, -0.05) is 29.8 Å². The lowest BCUT2D eigenvalue weighted by molar-refractivity contribution is -0.130. The molecule has 0 unspecified atom stereocenters. The first-order valence-corrected chi connectivity index (χ1v) is 7.42. The fourth-order valence-electron chi connectivity index (χ4n) is 2.01. The number of hydrogen-bond acceptors (Lipinski definition) is 6. The maximum Gasteiger partial charge on any atom is 0.337 e. The third kappa shape index (κ3) is 4.42. The molecule has 0 aliphatic heterocycles. The number of esters is 1. The third-order valence-corrected chi connectivity index (χ3v) is 3.45. The standard InChI is InChI=1S/C17H14ClN3O4/c1-25-17(24)11-7-5-10(6-8-11)14(21-19)15(22)16(23)20-13-4-2-3-12(18)9-13/h2-9H,19H2,1H3,(H,20,23). The number of nitrogens with one attached hydrogen (secondary N) is 1. The van der Waals surface area contributed by atoms with E-state index in [-0.39, 0.29) is 5.71 Å². The molecule has 2 aromatic rings. The topological polar surface area (TPSA) is 111 Å². The van der Waals surface area contributed by atoms with Gasteiger partial charge in [-0.2, -0.15) is 5.10 Å². The van der Waals surface area contributed by atoms with Gasteiger partial charge in [0.2, 0.25) is 0 Å². The van der Waals surface area contributed by atoms with Gasteiger partial charge in [-0.3, -0.25) is 9.59 Å². The summed E-state index contributed by atoms with van der Waals surface area (Å²) in [6.07, 6.45) is 0. The molecule has 0 atom stereocenters. The maximum atomic E-state index is 12.3. The highest BCUT2D eigenvalue weighted by Crippen LogP contribution is 2.15. The summed E-state index contributed by atoms with van der Waals surface area (Å²) in [7, 11) is 1.26. The molecule has 0 radical (unpaired) electrons. The summed E-state index contributed by atoms with van der Waals surface area (Å²) in [5.41, 5.74) is 0.707. The molecule has 0 saturated heterocycles. The number of halogens is 1. The van der Waals surface area contributed by atoms with Crippen molar-refractivity contribution in [3.8, 4) is 0 Å². The van der Waals surface area contributed by atoms with Crippen molar-refractivity contribution in [2.45, 2.75) is 0 Å². The van der Waals surface area contributed by atoms with E-state index < -0.39 is 17.7 Å². The Balaban J connectivity index is 2.18. The zero-order valence-electron chi connectivity index (χ0n) is 13.2. The Bertz CT molecular complexity index is 847. The van der Waals surface area contributed by atoms with E-state index in [2.05, 4.69) is 15.2 Å². The number of carbonyl (C=O) groups is 3. The summed E-state index contributed by atoms with van der Waals surface area (Å²) in [6, 6.07) is 12.1. The zero-order chi connectivity index (χ0) is 18.4. The molecule has 25 heavy (non-hydrogen) atoms. The normalized spacial score (nSPS) is 10.9. The van der Waals surface area contributed by atoms with Crippen LogP contribution in [0.2, 0.25) is 5.02 Å². The molecule has 0 saturated carbocycles. The molecule has 3 N–H and O–H groups in total. The van der Waals surface area contributed by atoms with Gasteiger partial charge >= 0.3 is 5.97 Å². The average molecular weight is 360 g/mol. The summed E-state index contributed by atoms with van der Waals surface area (Å²) in [5, 5.41) is 6.23. The van der Waals surface area contributed by atoms with Crippen LogP contribution >= 0.6 is 11.6 Å². The Kier molecular flexibility index (Phi) is 5.86. The van der Waals surface area contributed by atoms with E-state index in [1.807, 2.05) is 0 Å². The molecule has 0 fully saturated rings. The number of ketones is 1. The number of nitrogens with two attached hydrogens (primary N) is 1. The number of hydrogen-bond donors (Lipinski definition) is 2. The number of amides is 1. The van der Waals surface area contributed by atoms with Crippen LogP contribution < -0.4 is 11.2 Å². The second-order valence-corrected chi connectivity index (χ2v) is 5.28. The number of Topliss-reactive ketones (excluding diaryl/α,β-unsaturated/α-hetero) is 1. The Hall–Kier alpha value is -3.19. The lowest BCUT2D eigenvalue weighted by Gasteiger charge is -2.07. The van der Waals surface area contributed by atoms with Crippen molar-refractivity contribution in [1.29, 1.82) is 0 Å². The van der Waals surface area contributed by atoms with Gasteiger partial charge in [0.15, 0.2) is 0 Å². The molecule has 0 heterocycles. The van der Waals surface area contributed by atoms with E-state index in [1.165, 1.54) is 37.4 Å². The number of rotatable bonds is 5. The molecule has 0 spiro atoms. The Morgan fingerprint density at radius 2 is 1.72 bits per heavy atom. The second kappa shape index (κ2) is 8.07. The largest absolute Gasteiger partial charge is 0.465 e. The predicted molar refractivity (Wildman–Crippen MR) is 93.6 cm³/mol. The fraction of sp³-hybridized carbons (Fsp3) is 0.0588. The third-order valence-electron chi connectivity index (χ3n) is 3.21. The van der Waals surface area contributed by atoms with E-state index in [9.17, 15) is 14.4 Å². The first kappa shape index (κ1) is 18.2. The molecule has 0 aliphatic rings. The van der Waals surface area contributed by atoms with Crippen LogP contribution in [-0.4, -0.2) is 30.5 Å². The smallest absolute Gasteiger partial charge is 0.337 e. The molecule has 1 amide bonds. The number of methoxy groups -OCH3 is 1. The molecule has 128 valence electrons. The average Bonchev–Trinajstić information content (AvgIpc) is 2.62. The van der Waals surface area contributed by atoms with Crippen LogP contribution in [0.5, 0.6) is 0 Å². The van der Waals surface area contributed by atoms with Gasteiger partial charge in [0.25, 0.3) is 11.7 Å². The minimum atomic E-state index is -0.923. The summed E-state index contributed by atoms with van der Waals surface area (Å²) in [4.78, 5) is 35.8. The van der Waals surface area contributed by atoms with Crippen molar-refractivity contribution in [2.24, 2.45) is 10.9 Å². The quantitative estimate of drug-likeness (QED) is 0.279. The molecule has 0 aliphatic carbocycles. The van der Waals surface area contributed by atoms with Crippen molar-refractivity contribution >= 4 is 40.7 Å². The first-order chi connectivity index (χ1) is 12.0. The van der Waals surface area contributed by atoms with E-state index in [1.54, 1.807) is 18.2 Å². The molecule has 7 nitrogen and oxygen atoms in total. The van der Waals surface area contributed by atoms with Crippen LogP contribution in [0.1, 0.15) is 15.9 Å². The molecular formula is C17H14ClN3O4. The van der Waals surface area contributed by atoms with Crippen molar-refractivity contribution in [3.63, 3.8) is 0 Å². The van der Waals surface area contributed by atoms with Crippen molar-refractivity contribution in [1.82, 2.24) is 0 Å². The predicted octanol–water partition coefficient (Wildman–Crippen LogP) is 2.00.